The molecule has 0 saturated heterocycles. The molecule has 1 aliphatic carbocycles. The van der Waals surface area contributed by atoms with E-state index in [0.29, 0.717) is 17.3 Å². The summed E-state index contributed by atoms with van der Waals surface area (Å²) in [7, 11) is 0. The average Bonchev–Trinajstić information content (AvgIpc) is 2.87. The Balaban J connectivity index is 1.78. The van der Waals surface area contributed by atoms with Gasteiger partial charge in [0.15, 0.2) is 0 Å². The number of benzene rings is 1. The molecule has 1 heterocycles. The van der Waals surface area contributed by atoms with Crippen molar-refractivity contribution in [3.05, 3.63) is 23.8 Å². The Labute approximate surface area is 129 Å². The van der Waals surface area contributed by atoms with Gasteiger partial charge in [0.1, 0.15) is 6.42 Å². The van der Waals surface area contributed by atoms with Gasteiger partial charge in [0, 0.05) is 0 Å². The SMILES string of the molecule is O=C1CC(=O)Nc2cc(C(Cl)CC3CCCC3)ccc2N1. The molecule has 0 radical (unpaired) electrons. The third-order valence-electron chi connectivity index (χ3n) is 4.29. The van der Waals surface area contributed by atoms with Crippen LogP contribution in [-0.2, 0) is 9.59 Å². The largest absolute Gasteiger partial charge is 0.324 e. The molecule has 0 bridgehead atoms. The summed E-state index contributed by atoms with van der Waals surface area (Å²) in [6.07, 6.45) is 5.97. The smallest absolute Gasteiger partial charge is 0.233 e. The van der Waals surface area contributed by atoms with Gasteiger partial charge in [-0.3, -0.25) is 9.59 Å². The van der Waals surface area contributed by atoms with Gasteiger partial charge < -0.3 is 10.6 Å². The number of carbonyl (C=O) groups excluding carboxylic acids is 2. The lowest BCUT2D eigenvalue weighted by atomic mass is 9.97. The highest BCUT2D eigenvalue weighted by atomic mass is 35.5. The second-order valence-corrected chi connectivity index (χ2v) is 6.46. The Kier molecular flexibility index (Phi) is 4.15. The minimum Gasteiger partial charge on any atom is -0.324 e. The van der Waals surface area contributed by atoms with Gasteiger partial charge in [-0.05, 0) is 30.0 Å². The maximum absolute atomic E-state index is 11.6. The first-order valence-electron chi connectivity index (χ1n) is 7.49. The van der Waals surface area contributed by atoms with Crippen LogP contribution in [0, 0.1) is 5.92 Å². The molecule has 2 amide bonds. The second-order valence-electron chi connectivity index (χ2n) is 5.93. The van der Waals surface area contributed by atoms with Crippen LogP contribution in [-0.4, -0.2) is 11.8 Å². The maximum atomic E-state index is 11.6. The number of amides is 2. The Hall–Kier alpha value is -1.55. The van der Waals surface area contributed by atoms with Crippen molar-refractivity contribution >= 4 is 34.8 Å². The monoisotopic (exact) mass is 306 g/mol. The normalized spacial score (nSPS) is 20.4. The van der Waals surface area contributed by atoms with E-state index in [0.717, 1.165) is 12.0 Å². The average molecular weight is 307 g/mol. The van der Waals surface area contributed by atoms with E-state index >= 15 is 0 Å². The van der Waals surface area contributed by atoms with Gasteiger partial charge in [-0.2, -0.15) is 0 Å². The van der Waals surface area contributed by atoms with E-state index in [9.17, 15) is 9.59 Å². The highest BCUT2D eigenvalue weighted by molar-refractivity contribution is 6.21. The van der Waals surface area contributed by atoms with Crippen LogP contribution in [0.5, 0.6) is 0 Å². The molecule has 1 saturated carbocycles. The summed E-state index contributed by atoms with van der Waals surface area (Å²) in [4.78, 5) is 23.1. The molecule has 112 valence electrons. The third kappa shape index (κ3) is 3.38. The minimum atomic E-state index is -0.287. The predicted molar refractivity (Wildman–Crippen MR) is 83.5 cm³/mol. The predicted octanol–water partition coefficient (Wildman–Crippen LogP) is 3.83. The molecule has 3 rings (SSSR count). The Bertz CT molecular complexity index is 567. The van der Waals surface area contributed by atoms with E-state index in [1.165, 1.54) is 25.7 Å². The van der Waals surface area contributed by atoms with Gasteiger partial charge in [-0.1, -0.05) is 31.7 Å². The number of rotatable bonds is 3. The fraction of sp³-hybridized carbons (Fsp3) is 0.500. The molecule has 1 atom stereocenters. The number of hydrogen-bond acceptors (Lipinski definition) is 2. The zero-order valence-corrected chi connectivity index (χ0v) is 12.6. The number of carbonyl (C=O) groups is 2. The Morgan fingerprint density at radius 3 is 2.48 bits per heavy atom. The molecule has 0 spiro atoms. The third-order valence-corrected chi connectivity index (χ3v) is 4.72. The lowest BCUT2D eigenvalue weighted by Crippen LogP contribution is -2.16. The molecule has 5 heteroatoms. The second kappa shape index (κ2) is 6.06. The highest BCUT2D eigenvalue weighted by Crippen LogP contribution is 2.38. The summed E-state index contributed by atoms with van der Waals surface area (Å²) in [5.41, 5.74) is 2.28. The van der Waals surface area contributed by atoms with Crippen LogP contribution in [0.25, 0.3) is 0 Å². The van der Waals surface area contributed by atoms with Crippen LogP contribution in [0.2, 0.25) is 0 Å². The van der Waals surface area contributed by atoms with Crippen molar-refractivity contribution in [3.63, 3.8) is 0 Å². The fourth-order valence-corrected chi connectivity index (χ4v) is 3.57. The zero-order chi connectivity index (χ0) is 14.8. The molecule has 1 aromatic rings. The number of alkyl halides is 1. The lowest BCUT2D eigenvalue weighted by molar-refractivity contribution is -0.123. The van der Waals surface area contributed by atoms with Crippen molar-refractivity contribution in [1.29, 1.82) is 0 Å². The summed E-state index contributed by atoms with van der Waals surface area (Å²) in [5, 5.41) is 5.44. The van der Waals surface area contributed by atoms with Crippen molar-refractivity contribution in [3.8, 4) is 0 Å². The van der Waals surface area contributed by atoms with Crippen molar-refractivity contribution in [2.45, 2.75) is 43.9 Å². The summed E-state index contributed by atoms with van der Waals surface area (Å²) in [6.45, 7) is 0. The first-order valence-corrected chi connectivity index (χ1v) is 7.93. The fourth-order valence-electron chi connectivity index (χ4n) is 3.18. The summed E-state index contributed by atoms with van der Waals surface area (Å²) in [5.74, 6) is 0.137. The Morgan fingerprint density at radius 2 is 1.76 bits per heavy atom. The molecular weight excluding hydrogens is 288 g/mol. The molecule has 2 aliphatic rings. The maximum Gasteiger partial charge on any atom is 0.233 e. The van der Waals surface area contributed by atoms with Crippen LogP contribution in [0.15, 0.2) is 18.2 Å². The topological polar surface area (TPSA) is 58.2 Å². The molecule has 2 N–H and O–H groups in total. The molecule has 4 nitrogen and oxygen atoms in total. The molecular formula is C16H19ClN2O2. The summed E-state index contributed by atoms with van der Waals surface area (Å²) in [6, 6.07) is 5.63. The molecule has 0 aromatic heterocycles. The van der Waals surface area contributed by atoms with Crippen molar-refractivity contribution in [2.75, 3.05) is 10.6 Å². The summed E-state index contributed by atoms with van der Waals surface area (Å²) < 4.78 is 0. The van der Waals surface area contributed by atoms with Gasteiger partial charge in [0.05, 0.1) is 16.8 Å². The molecule has 1 aromatic carbocycles. The first kappa shape index (κ1) is 14.4. The number of hydrogen-bond donors (Lipinski definition) is 2. The van der Waals surface area contributed by atoms with Crippen molar-refractivity contribution in [2.24, 2.45) is 5.92 Å². The first-order chi connectivity index (χ1) is 10.1. The summed E-state index contributed by atoms with van der Waals surface area (Å²) >= 11 is 6.53. The molecule has 1 unspecified atom stereocenters. The standard InChI is InChI=1S/C16H19ClN2O2/c17-12(7-10-3-1-2-4-10)11-5-6-13-14(8-11)19-16(21)9-15(20)18-13/h5-6,8,10,12H,1-4,7,9H2,(H,18,20)(H,19,21). The molecule has 1 fully saturated rings. The zero-order valence-electron chi connectivity index (χ0n) is 11.8. The van der Waals surface area contributed by atoms with E-state index in [1.54, 1.807) is 0 Å². The van der Waals surface area contributed by atoms with Crippen LogP contribution in [0.1, 0.15) is 49.5 Å². The van der Waals surface area contributed by atoms with Crippen LogP contribution in [0.4, 0.5) is 11.4 Å². The molecule has 21 heavy (non-hydrogen) atoms. The number of fused-ring (bicyclic) bond motifs is 1. The molecule has 1 aliphatic heterocycles. The number of halogens is 1. The lowest BCUT2D eigenvalue weighted by Gasteiger charge is -2.17. The minimum absolute atomic E-state index is 0.0470. The number of anilines is 2. The van der Waals surface area contributed by atoms with E-state index in [4.69, 9.17) is 11.6 Å². The quantitative estimate of drug-likeness (QED) is 0.658. The van der Waals surface area contributed by atoms with Gasteiger partial charge in [-0.15, -0.1) is 11.6 Å². The Morgan fingerprint density at radius 1 is 1.10 bits per heavy atom. The van der Waals surface area contributed by atoms with Crippen molar-refractivity contribution < 1.29 is 9.59 Å². The van der Waals surface area contributed by atoms with Crippen LogP contribution < -0.4 is 10.6 Å². The van der Waals surface area contributed by atoms with Crippen LogP contribution in [0.3, 0.4) is 0 Å². The van der Waals surface area contributed by atoms with Crippen molar-refractivity contribution in [1.82, 2.24) is 0 Å². The van der Waals surface area contributed by atoms with E-state index < -0.39 is 0 Å². The number of nitrogens with one attached hydrogen (secondary N) is 2. The van der Waals surface area contributed by atoms with Gasteiger partial charge in [-0.25, -0.2) is 0 Å². The van der Waals surface area contributed by atoms with E-state index in [1.807, 2.05) is 18.2 Å². The van der Waals surface area contributed by atoms with Gasteiger partial charge >= 0.3 is 0 Å². The van der Waals surface area contributed by atoms with E-state index in [-0.39, 0.29) is 23.6 Å². The van der Waals surface area contributed by atoms with Gasteiger partial charge in [0.2, 0.25) is 11.8 Å². The van der Waals surface area contributed by atoms with E-state index in [2.05, 4.69) is 10.6 Å². The van der Waals surface area contributed by atoms with Crippen LogP contribution >= 0.6 is 11.6 Å². The highest BCUT2D eigenvalue weighted by Gasteiger charge is 2.22. The van der Waals surface area contributed by atoms with Gasteiger partial charge in [0.25, 0.3) is 0 Å².